The monoisotopic (exact) mass is 262 g/mol. The molecule has 19 heavy (non-hydrogen) atoms. The number of hydrogen-bond acceptors (Lipinski definition) is 3. The first-order chi connectivity index (χ1) is 9.02. The third-order valence-electron chi connectivity index (χ3n) is 3.43. The van der Waals surface area contributed by atoms with E-state index in [4.69, 9.17) is 9.47 Å². The predicted molar refractivity (Wildman–Crippen MR) is 74.6 cm³/mol. The Labute approximate surface area is 114 Å². The maximum Gasteiger partial charge on any atom is 0.163 e. The SMILES string of the molecule is C=CC(O)C[C@@H]1COC(C)(C)O[C@@H]1c1ccccc1. The average Bonchev–Trinajstić information content (AvgIpc) is 2.41. The van der Waals surface area contributed by atoms with Crippen molar-refractivity contribution in [3.63, 3.8) is 0 Å². The molecule has 1 fully saturated rings. The van der Waals surface area contributed by atoms with Crippen molar-refractivity contribution in [2.24, 2.45) is 5.92 Å². The third kappa shape index (κ3) is 3.66. The van der Waals surface area contributed by atoms with E-state index in [0.29, 0.717) is 13.0 Å². The molecule has 0 spiro atoms. The third-order valence-corrected chi connectivity index (χ3v) is 3.43. The van der Waals surface area contributed by atoms with E-state index in [2.05, 4.69) is 18.7 Å². The molecule has 104 valence electrons. The minimum absolute atomic E-state index is 0.0560. The summed E-state index contributed by atoms with van der Waals surface area (Å²) >= 11 is 0. The molecule has 3 atom stereocenters. The molecule has 0 aromatic heterocycles. The van der Waals surface area contributed by atoms with Crippen LogP contribution in [-0.4, -0.2) is 23.6 Å². The number of aliphatic hydroxyl groups is 1. The number of ether oxygens (including phenoxy) is 2. The number of rotatable bonds is 4. The second kappa shape index (κ2) is 5.87. The van der Waals surface area contributed by atoms with Crippen molar-refractivity contribution in [2.75, 3.05) is 6.61 Å². The van der Waals surface area contributed by atoms with Gasteiger partial charge in [-0.15, -0.1) is 6.58 Å². The Bertz CT molecular complexity index is 413. The van der Waals surface area contributed by atoms with E-state index in [1.165, 1.54) is 0 Å². The molecule has 0 aliphatic carbocycles. The molecule has 1 saturated heterocycles. The highest BCUT2D eigenvalue weighted by molar-refractivity contribution is 5.19. The number of benzene rings is 1. The molecule has 0 amide bonds. The summed E-state index contributed by atoms with van der Waals surface area (Å²) in [5.41, 5.74) is 1.13. The number of aliphatic hydroxyl groups excluding tert-OH is 1. The molecular weight excluding hydrogens is 240 g/mol. The molecule has 1 aliphatic rings. The highest BCUT2D eigenvalue weighted by Crippen LogP contribution is 2.38. The summed E-state index contributed by atoms with van der Waals surface area (Å²) in [6.45, 7) is 8.04. The maximum absolute atomic E-state index is 9.78. The van der Waals surface area contributed by atoms with E-state index in [1.807, 2.05) is 32.0 Å². The maximum atomic E-state index is 9.78. The lowest BCUT2D eigenvalue weighted by atomic mass is 9.90. The van der Waals surface area contributed by atoms with Gasteiger partial charge in [-0.25, -0.2) is 0 Å². The van der Waals surface area contributed by atoms with Crippen LogP contribution >= 0.6 is 0 Å². The van der Waals surface area contributed by atoms with Gasteiger partial charge in [0.15, 0.2) is 5.79 Å². The summed E-state index contributed by atoms with van der Waals surface area (Å²) in [6, 6.07) is 10.1. The fraction of sp³-hybridized carbons (Fsp3) is 0.500. The molecule has 3 heteroatoms. The fourth-order valence-corrected chi connectivity index (χ4v) is 2.41. The van der Waals surface area contributed by atoms with E-state index >= 15 is 0 Å². The standard InChI is InChI=1S/C16H22O3/c1-4-14(17)10-13-11-18-16(2,3)19-15(13)12-8-6-5-7-9-12/h4-9,13-15,17H,1,10-11H2,2-3H3/t13-,14?,15-/m1/s1. The average molecular weight is 262 g/mol. The zero-order valence-corrected chi connectivity index (χ0v) is 11.6. The number of hydrogen-bond donors (Lipinski definition) is 1. The van der Waals surface area contributed by atoms with Crippen LogP contribution in [0.5, 0.6) is 0 Å². The van der Waals surface area contributed by atoms with Crippen LogP contribution in [0.15, 0.2) is 43.0 Å². The first-order valence-corrected chi connectivity index (χ1v) is 6.69. The summed E-state index contributed by atoms with van der Waals surface area (Å²) in [5.74, 6) is -0.459. The van der Waals surface area contributed by atoms with E-state index < -0.39 is 11.9 Å². The quantitative estimate of drug-likeness (QED) is 0.848. The van der Waals surface area contributed by atoms with E-state index in [0.717, 1.165) is 5.56 Å². The Kier molecular flexibility index (Phi) is 4.40. The van der Waals surface area contributed by atoms with Gasteiger partial charge in [0.25, 0.3) is 0 Å². The molecule has 1 heterocycles. The van der Waals surface area contributed by atoms with Crippen molar-refractivity contribution in [1.82, 2.24) is 0 Å². The topological polar surface area (TPSA) is 38.7 Å². The van der Waals surface area contributed by atoms with Crippen molar-refractivity contribution in [3.05, 3.63) is 48.6 Å². The van der Waals surface area contributed by atoms with Crippen LogP contribution in [0.3, 0.4) is 0 Å². The summed E-state index contributed by atoms with van der Waals surface area (Å²) in [6.07, 6.45) is 1.57. The van der Waals surface area contributed by atoms with E-state index in [9.17, 15) is 5.11 Å². The fourth-order valence-electron chi connectivity index (χ4n) is 2.41. The summed E-state index contributed by atoms with van der Waals surface area (Å²) in [7, 11) is 0. The molecule has 1 aromatic carbocycles. The molecule has 3 nitrogen and oxygen atoms in total. The van der Waals surface area contributed by atoms with Gasteiger partial charge < -0.3 is 14.6 Å². The zero-order chi connectivity index (χ0) is 13.9. The Morgan fingerprint density at radius 3 is 2.74 bits per heavy atom. The Hall–Kier alpha value is -1.16. The highest BCUT2D eigenvalue weighted by Gasteiger charge is 2.37. The molecule has 0 saturated carbocycles. The molecule has 1 N–H and O–H groups in total. The van der Waals surface area contributed by atoms with Crippen molar-refractivity contribution in [3.8, 4) is 0 Å². The molecule has 0 radical (unpaired) electrons. The van der Waals surface area contributed by atoms with Crippen LogP contribution in [0.1, 0.15) is 31.9 Å². The van der Waals surface area contributed by atoms with Crippen LogP contribution in [0.25, 0.3) is 0 Å². The van der Waals surface area contributed by atoms with Crippen molar-refractivity contribution in [1.29, 1.82) is 0 Å². The van der Waals surface area contributed by atoms with Crippen molar-refractivity contribution >= 4 is 0 Å². The molecule has 1 aromatic rings. The van der Waals surface area contributed by atoms with Crippen LogP contribution in [0.2, 0.25) is 0 Å². The molecule has 1 aliphatic heterocycles. The van der Waals surface area contributed by atoms with Gasteiger partial charge in [-0.1, -0.05) is 36.4 Å². The summed E-state index contributed by atoms with van der Waals surface area (Å²) in [5, 5.41) is 9.78. The lowest BCUT2D eigenvalue weighted by Crippen LogP contribution is -2.42. The summed E-state index contributed by atoms with van der Waals surface area (Å²) in [4.78, 5) is 0. The molecule has 0 bridgehead atoms. The first kappa shape index (κ1) is 14.3. The van der Waals surface area contributed by atoms with Crippen LogP contribution in [-0.2, 0) is 9.47 Å². The molecule has 2 rings (SSSR count). The van der Waals surface area contributed by atoms with Crippen LogP contribution < -0.4 is 0 Å². The van der Waals surface area contributed by atoms with Gasteiger partial charge in [0.1, 0.15) is 0 Å². The largest absolute Gasteiger partial charge is 0.389 e. The lowest BCUT2D eigenvalue weighted by molar-refractivity contribution is -0.298. The van der Waals surface area contributed by atoms with Crippen molar-refractivity contribution in [2.45, 2.75) is 38.3 Å². The van der Waals surface area contributed by atoms with Gasteiger partial charge in [-0.05, 0) is 25.8 Å². The van der Waals surface area contributed by atoms with Gasteiger partial charge >= 0.3 is 0 Å². The van der Waals surface area contributed by atoms with Gasteiger partial charge in [0.2, 0.25) is 0 Å². The minimum atomic E-state index is -0.587. The smallest absolute Gasteiger partial charge is 0.163 e. The molecule has 1 unspecified atom stereocenters. The second-order valence-corrected chi connectivity index (χ2v) is 5.46. The van der Waals surface area contributed by atoms with Gasteiger partial charge in [-0.2, -0.15) is 0 Å². The predicted octanol–water partition coefficient (Wildman–Crippen LogP) is 3.06. The van der Waals surface area contributed by atoms with Crippen molar-refractivity contribution < 1.29 is 14.6 Å². The summed E-state index contributed by atoms with van der Waals surface area (Å²) < 4.78 is 11.8. The van der Waals surface area contributed by atoms with Crippen LogP contribution in [0, 0.1) is 5.92 Å². The minimum Gasteiger partial charge on any atom is -0.389 e. The first-order valence-electron chi connectivity index (χ1n) is 6.69. The lowest BCUT2D eigenvalue weighted by Gasteiger charge is -2.41. The van der Waals surface area contributed by atoms with Gasteiger partial charge in [0.05, 0.1) is 18.8 Å². The van der Waals surface area contributed by atoms with E-state index in [1.54, 1.807) is 6.08 Å². The second-order valence-electron chi connectivity index (χ2n) is 5.46. The zero-order valence-electron chi connectivity index (χ0n) is 11.6. The Morgan fingerprint density at radius 2 is 2.11 bits per heavy atom. The highest BCUT2D eigenvalue weighted by atomic mass is 16.7. The van der Waals surface area contributed by atoms with Gasteiger partial charge in [-0.3, -0.25) is 0 Å². The normalized spacial score (nSPS) is 27.7. The van der Waals surface area contributed by atoms with Gasteiger partial charge in [0, 0.05) is 5.92 Å². The van der Waals surface area contributed by atoms with Crippen LogP contribution in [0.4, 0.5) is 0 Å². The Balaban J connectivity index is 2.19. The molecular formula is C16H22O3. The van der Waals surface area contributed by atoms with E-state index in [-0.39, 0.29) is 12.0 Å². The Morgan fingerprint density at radius 1 is 1.42 bits per heavy atom.